The lowest BCUT2D eigenvalue weighted by Crippen LogP contribution is -2.28. The van der Waals surface area contributed by atoms with Crippen LogP contribution in [0.4, 0.5) is 0 Å². The van der Waals surface area contributed by atoms with Crippen molar-refractivity contribution in [1.29, 1.82) is 0 Å². The summed E-state index contributed by atoms with van der Waals surface area (Å²) in [6.07, 6.45) is 0.663. The Bertz CT molecular complexity index is 396. The normalized spacial score (nSPS) is 27.4. The quantitative estimate of drug-likeness (QED) is 0.872. The van der Waals surface area contributed by atoms with Gasteiger partial charge in [0.25, 0.3) is 0 Å². The zero-order chi connectivity index (χ0) is 13.0. The molecule has 4 nitrogen and oxygen atoms in total. The minimum Gasteiger partial charge on any atom is -0.494 e. The molecule has 4 heteroatoms. The average molecular weight is 251 g/mol. The Hall–Kier alpha value is -1.10. The van der Waals surface area contributed by atoms with Crippen LogP contribution >= 0.6 is 0 Å². The van der Waals surface area contributed by atoms with Crippen molar-refractivity contribution < 1.29 is 14.2 Å². The molecule has 2 rings (SSSR count). The predicted octanol–water partition coefficient (Wildman–Crippen LogP) is 2.24. The van der Waals surface area contributed by atoms with Crippen molar-refractivity contribution in [3.8, 4) is 5.75 Å². The first kappa shape index (κ1) is 13.3. The third-order valence-electron chi connectivity index (χ3n) is 3.07. The molecule has 1 aromatic carbocycles. The molecular formula is C14H21NO3. The van der Waals surface area contributed by atoms with E-state index >= 15 is 0 Å². The van der Waals surface area contributed by atoms with E-state index < -0.39 is 5.79 Å². The van der Waals surface area contributed by atoms with Crippen LogP contribution in [0, 0.1) is 0 Å². The molecule has 0 amide bonds. The Morgan fingerprint density at radius 3 is 3.06 bits per heavy atom. The van der Waals surface area contributed by atoms with Crippen molar-refractivity contribution in [2.45, 2.75) is 32.2 Å². The topological polar surface area (TPSA) is 53.7 Å². The largest absolute Gasteiger partial charge is 0.494 e. The first-order valence-electron chi connectivity index (χ1n) is 6.41. The summed E-state index contributed by atoms with van der Waals surface area (Å²) in [5.74, 6) is 0.312. The van der Waals surface area contributed by atoms with Crippen LogP contribution < -0.4 is 10.5 Å². The molecule has 0 saturated carbocycles. The maximum Gasteiger partial charge on any atom is 0.167 e. The van der Waals surface area contributed by atoms with Crippen LogP contribution in [0.25, 0.3) is 0 Å². The van der Waals surface area contributed by atoms with E-state index in [-0.39, 0.29) is 6.10 Å². The van der Waals surface area contributed by atoms with E-state index in [1.54, 1.807) is 0 Å². The second kappa shape index (κ2) is 5.69. The van der Waals surface area contributed by atoms with Crippen molar-refractivity contribution in [2.24, 2.45) is 5.73 Å². The number of ether oxygens (including phenoxy) is 3. The van der Waals surface area contributed by atoms with Gasteiger partial charge in [0.15, 0.2) is 5.79 Å². The van der Waals surface area contributed by atoms with Crippen LogP contribution in [-0.4, -0.2) is 25.5 Å². The Morgan fingerprint density at radius 2 is 2.33 bits per heavy atom. The zero-order valence-electron chi connectivity index (χ0n) is 11.0. The number of hydrogen-bond acceptors (Lipinski definition) is 4. The van der Waals surface area contributed by atoms with Gasteiger partial charge in [0, 0.05) is 6.42 Å². The van der Waals surface area contributed by atoms with Gasteiger partial charge in [0.2, 0.25) is 0 Å². The average Bonchev–Trinajstić information content (AvgIpc) is 2.73. The Labute approximate surface area is 108 Å². The van der Waals surface area contributed by atoms with Gasteiger partial charge >= 0.3 is 0 Å². The second-order valence-electron chi connectivity index (χ2n) is 4.60. The van der Waals surface area contributed by atoms with Crippen LogP contribution in [0.5, 0.6) is 5.75 Å². The van der Waals surface area contributed by atoms with Gasteiger partial charge in [-0.25, -0.2) is 0 Å². The highest BCUT2D eigenvalue weighted by Crippen LogP contribution is 2.35. The molecule has 1 aliphatic rings. The molecule has 1 aliphatic heterocycles. The fourth-order valence-electron chi connectivity index (χ4n) is 2.15. The third-order valence-corrected chi connectivity index (χ3v) is 3.07. The Morgan fingerprint density at radius 1 is 1.50 bits per heavy atom. The summed E-state index contributed by atoms with van der Waals surface area (Å²) in [7, 11) is 0. The number of rotatable bonds is 5. The van der Waals surface area contributed by atoms with Gasteiger partial charge < -0.3 is 19.9 Å². The number of hydrogen-bond donors (Lipinski definition) is 1. The summed E-state index contributed by atoms with van der Waals surface area (Å²) >= 11 is 0. The SMILES string of the molecule is CCOc1cccc(C2COC(C)(CCN)O2)c1. The second-order valence-corrected chi connectivity index (χ2v) is 4.60. The van der Waals surface area contributed by atoms with Crippen LogP contribution in [0.1, 0.15) is 31.9 Å². The summed E-state index contributed by atoms with van der Waals surface area (Å²) in [6.45, 7) is 5.69. The molecular weight excluding hydrogens is 230 g/mol. The molecule has 0 bridgehead atoms. The molecule has 0 spiro atoms. The lowest BCUT2D eigenvalue weighted by Gasteiger charge is -2.22. The highest BCUT2D eigenvalue weighted by molar-refractivity contribution is 5.30. The number of nitrogens with two attached hydrogens (primary N) is 1. The Balaban J connectivity index is 2.06. The van der Waals surface area contributed by atoms with Crippen molar-refractivity contribution in [3.63, 3.8) is 0 Å². The molecule has 2 unspecified atom stereocenters. The zero-order valence-corrected chi connectivity index (χ0v) is 11.0. The molecule has 2 N–H and O–H groups in total. The fourth-order valence-corrected chi connectivity index (χ4v) is 2.15. The Kier molecular flexibility index (Phi) is 4.22. The first-order valence-corrected chi connectivity index (χ1v) is 6.41. The molecule has 0 aliphatic carbocycles. The van der Waals surface area contributed by atoms with Gasteiger partial charge in [-0.1, -0.05) is 12.1 Å². The van der Waals surface area contributed by atoms with E-state index in [2.05, 4.69) is 0 Å². The van der Waals surface area contributed by atoms with Gasteiger partial charge in [-0.3, -0.25) is 0 Å². The summed E-state index contributed by atoms with van der Waals surface area (Å²) < 4.78 is 17.1. The van der Waals surface area contributed by atoms with Gasteiger partial charge in [-0.05, 0) is 38.1 Å². The van der Waals surface area contributed by atoms with Gasteiger partial charge in [0.1, 0.15) is 11.9 Å². The monoisotopic (exact) mass is 251 g/mol. The van der Waals surface area contributed by atoms with E-state index in [0.29, 0.717) is 26.2 Å². The third kappa shape index (κ3) is 3.02. The highest BCUT2D eigenvalue weighted by Gasteiger charge is 2.37. The van der Waals surface area contributed by atoms with Crippen LogP contribution in [0.15, 0.2) is 24.3 Å². The summed E-state index contributed by atoms with van der Waals surface area (Å²) in [5.41, 5.74) is 6.65. The minimum absolute atomic E-state index is 0.0399. The first-order chi connectivity index (χ1) is 8.67. The van der Waals surface area contributed by atoms with Crippen molar-refractivity contribution >= 4 is 0 Å². The van der Waals surface area contributed by atoms with E-state index in [1.165, 1.54) is 0 Å². The van der Waals surface area contributed by atoms with Crippen molar-refractivity contribution in [2.75, 3.05) is 19.8 Å². The van der Waals surface area contributed by atoms with E-state index in [9.17, 15) is 0 Å². The summed E-state index contributed by atoms with van der Waals surface area (Å²) in [5, 5.41) is 0. The molecule has 0 radical (unpaired) electrons. The van der Waals surface area contributed by atoms with Gasteiger partial charge in [0.05, 0.1) is 13.2 Å². The molecule has 100 valence electrons. The predicted molar refractivity (Wildman–Crippen MR) is 69.5 cm³/mol. The van der Waals surface area contributed by atoms with Crippen molar-refractivity contribution in [1.82, 2.24) is 0 Å². The lowest BCUT2D eigenvalue weighted by atomic mass is 10.1. The van der Waals surface area contributed by atoms with Crippen molar-refractivity contribution in [3.05, 3.63) is 29.8 Å². The molecule has 0 aromatic heterocycles. The summed E-state index contributed by atoms with van der Waals surface area (Å²) in [4.78, 5) is 0. The molecule has 1 saturated heterocycles. The fraction of sp³-hybridized carbons (Fsp3) is 0.571. The molecule has 1 fully saturated rings. The lowest BCUT2D eigenvalue weighted by molar-refractivity contribution is -0.157. The highest BCUT2D eigenvalue weighted by atomic mass is 16.7. The van der Waals surface area contributed by atoms with Crippen LogP contribution in [0.2, 0.25) is 0 Å². The molecule has 2 atom stereocenters. The van der Waals surface area contributed by atoms with E-state index in [0.717, 1.165) is 11.3 Å². The standard InChI is InChI=1S/C14H21NO3/c1-3-16-12-6-4-5-11(9-12)13-10-17-14(2,18-13)7-8-15/h4-6,9,13H,3,7-8,10,15H2,1-2H3. The van der Waals surface area contributed by atoms with Crippen LogP contribution in [0.3, 0.4) is 0 Å². The molecule has 1 heterocycles. The molecule has 18 heavy (non-hydrogen) atoms. The maximum atomic E-state index is 5.95. The van der Waals surface area contributed by atoms with Crippen LogP contribution in [-0.2, 0) is 9.47 Å². The minimum atomic E-state index is -0.555. The molecule has 1 aromatic rings. The van der Waals surface area contributed by atoms with Gasteiger partial charge in [-0.2, -0.15) is 0 Å². The summed E-state index contributed by atoms with van der Waals surface area (Å²) in [6, 6.07) is 7.96. The van der Waals surface area contributed by atoms with E-state index in [4.69, 9.17) is 19.9 Å². The van der Waals surface area contributed by atoms with Gasteiger partial charge in [-0.15, -0.1) is 0 Å². The maximum absolute atomic E-state index is 5.95. The smallest absolute Gasteiger partial charge is 0.167 e. The van der Waals surface area contributed by atoms with E-state index in [1.807, 2.05) is 38.1 Å². The number of benzene rings is 1.